The van der Waals surface area contributed by atoms with Gasteiger partial charge in [-0.15, -0.1) is 11.3 Å². The normalized spacial score (nSPS) is 12.0. The highest BCUT2D eigenvalue weighted by Gasteiger charge is 2.22. The van der Waals surface area contributed by atoms with Gasteiger partial charge in [-0.25, -0.2) is 4.98 Å². The molecular weight excluding hydrogens is 420 g/mol. The Labute approximate surface area is 185 Å². The average Bonchev–Trinajstić information content (AvgIpc) is 3.16. The van der Waals surface area contributed by atoms with Crippen molar-refractivity contribution in [1.82, 2.24) is 4.98 Å². The maximum absolute atomic E-state index is 11.8. The van der Waals surface area contributed by atoms with E-state index in [1.165, 1.54) is 0 Å². The van der Waals surface area contributed by atoms with Gasteiger partial charge in [-0.05, 0) is 36.1 Å². The molecule has 0 bridgehead atoms. The van der Waals surface area contributed by atoms with Gasteiger partial charge in [-0.2, -0.15) is 0 Å². The molecule has 1 heterocycles. The minimum atomic E-state index is -0.855. The topological polar surface area (TPSA) is 71.5 Å². The number of aliphatic carboxylic acids is 1. The van der Waals surface area contributed by atoms with Crippen molar-refractivity contribution < 1.29 is 14.6 Å². The van der Waals surface area contributed by atoms with E-state index in [1.807, 2.05) is 48.5 Å². The molecule has 158 valence electrons. The van der Waals surface area contributed by atoms with Crippen LogP contribution in [0.1, 0.15) is 30.2 Å². The quantitative estimate of drug-likeness (QED) is 0.426. The van der Waals surface area contributed by atoms with Crippen molar-refractivity contribution in [2.24, 2.45) is 5.92 Å². The first-order valence-electron chi connectivity index (χ1n) is 9.74. The highest BCUT2D eigenvalue weighted by molar-refractivity contribution is 7.16. The fraction of sp³-hybridized carbons (Fsp3) is 0.304. The first-order valence-corrected chi connectivity index (χ1v) is 10.9. The Morgan fingerprint density at radius 1 is 1.20 bits per heavy atom. The number of para-hydroxylation sites is 1. The minimum absolute atomic E-state index is 0.276. The van der Waals surface area contributed by atoms with Gasteiger partial charge in [0.1, 0.15) is 5.75 Å². The number of carboxylic acid groups (broad SMARTS) is 1. The molecule has 1 atom stereocenters. The molecule has 0 saturated heterocycles. The van der Waals surface area contributed by atoms with E-state index < -0.39 is 11.9 Å². The summed E-state index contributed by atoms with van der Waals surface area (Å²) in [4.78, 5) is 17.7. The molecular formula is C23H25ClN2O3S. The first-order chi connectivity index (χ1) is 14.4. The number of thiazole rings is 1. The third-order valence-corrected chi connectivity index (χ3v) is 6.37. The summed E-state index contributed by atoms with van der Waals surface area (Å²) in [5, 5.41) is 14.4. The number of nitrogens with zero attached hydrogens (tertiary/aromatic N) is 1. The van der Waals surface area contributed by atoms with Gasteiger partial charge in [-0.3, -0.25) is 4.79 Å². The Morgan fingerprint density at radius 2 is 1.90 bits per heavy atom. The van der Waals surface area contributed by atoms with Crippen molar-refractivity contribution in [1.29, 1.82) is 0 Å². The number of ether oxygens (including phenoxy) is 1. The fourth-order valence-electron chi connectivity index (χ4n) is 3.21. The molecule has 0 fully saturated rings. The number of carbonyl (C=O) groups is 1. The molecule has 5 nitrogen and oxygen atoms in total. The molecule has 7 heteroatoms. The third kappa shape index (κ3) is 5.32. The predicted octanol–water partition coefficient (Wildman–Crippen LogP) is 5.95. The molecule has 0 amide bonds. The monoisotopic (exact) mass is 444 g/mol. The van der Waals surface area contributed by atoms with Gasteiger partial charge < -0.3 is 15.2 Å². The van der Waals surface area contributed by atoms with Crippen LogP contribution in [0.5, 0.6) is 5.75 Å². The van der Waals surface area contributed by atoms with E-state index in [0.717, 1.165) is 26.8 Å². The fourth-order valence-corrected chi connectivity index (χ4v) is 4.33. The zero-order chi connectivity index (χ0) is 21.7. The van der Waals surface area contributed by atoms with E-state index in [1.54, 1.807) is 18.4 Å². The number of halogens is 1. The van der Waals surface area contributed by atoms with Crippen LogP contribution in [-0.4, -0.2) is 29.7 Å². The van der Waals surface area contributed by atoms with E-state index in [9.17, 15) is 9.90 Å². The molecule has 0 aliphatic carbocycles. The summed E-state index contributed by atoms with van der Waals surface area (Å²) in [5.41, 5.74) is 2.78. The van der Waals surface area contributed by atoms with E-state index in [4.69, 9.17) is 21.3 Å². The molecule has 0 spiro atoms. The summed E-state index contributed by atoms with van der Waals surface area (Å²) in [6, 6.07) is 15.1. The molecule has 1 aromatic heterocycles. The van der Waals surface area contributed by atoms with Crippen LogP contribution in [0, 0.1) is 5.92 Å². The van der Waals surface area contributed by atoms with Crippen LogP contribution >= 0.6 is 22.9 Å². The van der Waals surface area contributed by atoms with Crippen molar-refractivity contribution in [2.75, 3.05) is 19.0 Å². The number of nitrogens with one attached hydrogen (secondary N) is 1. The van der Waals surface area contributed by atoms with Crippen LogP contribution in [0.25, 0.3) is 11.3 Å². The molecule has 3 aromatic rings. The lowest BCUT2D eigenvalue weighted by atomic mass is 9.98. The number of rotatable bonds is 9. The van der Waals surface area contributed by atoms with Crippen molar-refractivity contribution in [3.63, 3.8) is 0 Å². The molecule has 0 radical (unpaired) electrons. The Hall–Kier alpha value is -2.57. The van der Waals surface area contributed by atoms with E-state index >= 15 is 0 Å². The van der Waals surface area contributed by atoms with Crippen LogP contribution in [0.3, 0.4) is 0 Å². The summed E-state index contributed by atoms with van der Waals surface area (Å²) in [5.74, 6) is -0.462. The lowest BCUT2D eigenvalue weighted by Gasteiger charge is -2.15. The molecule has 1 unspecified atom stereocenters. The number of aromatic nitrogens is 1. The van der Waals surface area contributed by atoms with Crippen molar-refractivity contribution in [3.05, 3.63) is 64.0 Å². The second-order valence-corrected chi connectivity index (χ2v) is 8.79. The lowest BCUT2D eigenvalue weighted by molar-refractivity contribution is -0.141. The second kappa shape index (κ2) is 9.96. The molecule has 0 saturated carbocycles. The van der Waals surface area contributed by atoms with Crippen LogP contribution in [0.4, 0.5) is 5.13 Å². The summed E-state index contributed by atoms with van der Waals surface area (Å²) in [6.07, 6.45) is 0.374. The molecule has 2 N–H and O–H groups in total. The molecule has 3 rings (SSSR count). The molecule has 0 aliphatic heterocycles. The Balaban J connectivity index is 1.78. The van der Waals surface area contributed by atoms with Crippen LogP contribution in [-0.2, 0) is 11.2 Å². The van der Waals surface area contributed by atoms with Gasteiger partial charge in [0, 0.05) is 22.0 Å². The second-order valence-electron chi connectivity index (χ2n) is 7.33. The maximum Gasteiger partial charge on any atom is 0.308 e. The number of benzene rings is 2. The smallest absolute Gasteiger partial charge is 0.308 e. The molecule has 30 heavy (non-hydrogen) atoms. The number of anilines is 1. The zero-order valence-corrected chi connectivity index (χ0v) is 18.8. The highest BCUT2D eigenvalue weighted by atomic mass is 35.5. The average molecular weight is 445 g/mol. The zero-order valence-electron chi connectivity index (χ0n) is 17.2. The van der Waals surface area contributed by atoms with E-state index in [0.29, 0.717) is 23.1 Å². The van der Waals surface area contributed by atoms with Crippen LogP contribution < -0.4 is 10.1 Å². The van der Waals surface area contributed by atoms with Crippen molar-refractivity contribution in [3.8, 4) is 17.0 Å². The van der Waals surface area contributed by atoms with Crippen molar-refractivity contribution >= 4 is 34.0 Å². The predicted molar refractivity (Wildman–Crippen MR) is 123 cm³/mol. The standard InChI is InChI=1S/C23H25ClN2O3S/c1-14(2)21-20(15-8-10-18(24)11-9-15)26-23(30-21)25-13-17(22(27)28)12-16-6-4-5-7-19(16)29-3/h4-11,14,17H,12-13H2,1-3H3,(H,25,26)(H,27,28). The Kier molecular flexibility index (Phi) is 7.34. The number of hydrogen-bond donors (Lipinski definition) is 2. The lowest BCUT2D eigenvalue weighted by Crippen LogP contribution is -2.25. The Morgan fingerprint density at radius 3 is 2.53 bits per heavy atom. The number of carboxylic acids is 1. The van der Waals surface area contributed by atoms with Gasteiger partial charge >= 0.3 is 5.97 Å². The van der Waals surface area contributed by atoms with Gasteiger partial charge in [-0.1, -0.05) is 55.8 Å². The highest BCUT2D eigenvalue weighted by Crippen LogP contribution is 2.36. The maximum atomic E-state index is 11.8. The number of methoxy groups -OCH3 is 1. The Bertz CT molecular complexity index is 1000. The molecule has 2 aromatic carbocycles. The summed E-state index contributed by atoms with van der Waals surface area (Å²) >= 11 is 7.58. The van der Waals surface area contributed by atoms with Crippen LogP contribution in [0.2, 0.25) is 5.02 Å². The SMILES string of the molecule is COc1ccccc1CC(CNc1nc(-c2ccc(Cl)cc2)c(C(C)C)s1)C(=O)O. The van der Waals surface area contributed by atoms with Gasteiger partial charge in [0.05, 0.1) is 18.7 Å². The third-order valence-electron chi connectivity index (χ3n) is 4.80. The summed E-state index contributed by atoms with van der Waals surface area (Å²) < 4.78 is 5.36. The van der Waals surface area contributed by atoms with Gasteiger partial charge in [0.2, 0.25) is 0 Å². The largest absolute Gasteiger partial charge is 0.496 e. The minimum Gasteiger partial charge on any atom is -0.496 e. The van der Waals surface area contributed by atoms with Gasteiger partial charge in [0.15, 0.2) is 5.13 Å². The van der Waals surface area contributed by atoms with Crippen molar-refractivity contribution in [2.45, 2.75) is 26.2 Å². The summed E-state index contributed by atoms with van der Waals surface area (Å²) in [7, 11) is 1.59. The van der Waals surface area contributed by atoms with E-state index in [-0.39, 0.29) is 6.54 Å². The first kappa shape index (κ1) is 22.1. The number of hydrogen-bond acceptors (Lipinski definition) is 5. The van der Waals surface area contributed by atoms with E-state index in [2.05, 4.69) is 19.2 Å². The van der Waals surface area contributed by atoms with Crippen LogP contribution in [0.15, 0.2) is 48.5 Å². The van der Waals surface area contributed by atoms with Gasteiger partial charge in [0.25, 0.3) is 0 Å². The summed E-state index contributed by atoms with van der Waals surface area (Å²) in [6.45, 7) is 4.52. The molecule has 0 aliphatic rings.